The van der Waals surface area contributed by atoms with E-state index in [1.54, 1.807) is 0 Å². The number of ether oxygens (including phenoxy) is 1. The van der Waals surface area contributed by atoms with Crippen LogP contribution in [-0.2, 0) is 17.8 Å². The van der Waals surface area contributed by atoms with Crippen molar-refractivity contribution in [1.29, 1.82) is 0 Å². The average molecular weight is 369 g/mol. The van der Waals surface area contributed by atoms with E-state index in [0.717, 1.165) is 37.0 Å². The van der Waals surface area contributed by atoms with Crippen LogP contribution in [0.4, 0.5) is 5.69 Å². The van der Waals surface area contributed by atoms with Gasteiger partial charge in [0.2, 0.25) is 0 Å². The SMILES string of the molecule is C=C(OC(C)(C)C)N1CCSc2ccc(NCc3ccccc3)cc2C1. The molecule has 1 aliphatic rings. The molecule has 2 aromatic rings. The van der Waals surface area contributed by atoms with Gasteiger partial charge in [0.25, 0.3) is 0 Å². The van der Waals surface area contributed by atoms with Gasteiger partial charge in [0.05, 0.1) is 0 Å². The number of rotatable bonds is 5. The predicted molar refractivity (Wildman–Crippen MR) is 111 cm³/mol. The molecule has 1 heterocycles. The molecule has 3 nitrogen and oxygen atoms in total. The summed E-state index contributed by atoms with van der Waals surface area (Å²) in [5.74, 6) is 1.80. The summed E-state index contributed by atoms with van der Waals surface area (Å²) in [6.07, 6.45) is 0. The molecule has 0 fully saturated rings. The molecule has 4 heteroatoms. The molecule has 138 valence electrons. The lowest BCUT2D eigenvalue weighted by Gasteiger charge is -2.30. The number of fused-ring (bicyclic) bond motifs is 1. The molecule has 0 unspecified atom stereocenters. The fourth-order valence-electron chi connectivity index (χ4n) is 2.94. The van der Waals surface area contributed by atoms with Gasteiger partial charge in [-0.2, -0.15) is 0 Å². The fourth-order valence-corrected chi connectivity index (χ4v) is 3.94. The molecule has 0 bridgehead atoms. The first kappa shape index (κ1) is 18.7. The van der Waals surface area contributed by atoms with Gasteiger partial charge in [0.15, 0.2) is 5.88 Å². The van der Waals surface area contributed by atoms with Crippen molar-refractivity contribution in [3.05, 3.63) is 72.1 Å². The van der Waals surface area contributed by atoms with E-state index in [9.17, 15) is 0 Å². The van der Waals surface area contributed by atoms with E-state index in [1.807, 2.05) is 17.8 Å². The van der Waals surface area contributed by atoms with Crippen LogP contribution in [-0.4, -0.2) is 22.8 Å². The van der Waals surface area contributed by atoms with Gasteiger partial charge in [-0.3, -0.25) is 0 Å². The van der Waals surface area contributed by atoms with E-state index in [1.165, 1.54) is 16.0 Å². The van der Waals surface area contributed by atoms with Crippen LogP contribution >= 0.6 is 11.8 Å². The molecule has 0 aromatic heterocycles. The molecule has 0 spiro atoms. The van der Waals surface area contributed by atoms with E-state index >= 15 is 0 Å². The minimum absolute atomic E-state index is 0.224. The van der Waals surface area contributed by atoms with Crippen molar-refractivity contribution in [3.63, 3.8) is 0 Å². The van der Waals surface area contributed by atoms with E-state index in [2.05, 4.69) is 80.0 Å². The van der Waals surface area contributed by atoms with E-state index in [4.69, 9.17) is 4.74 Å². The summed E-state index contributed by atoms with van der Waals surface area (Å²) < 4.78 is 5.99. The second-order valence-corrected chi connectivity index (χ2v) is 8.68. The van der Waals surface area contributed by atoms with Crippen molar-refractivity contribution in [3.8, 4) is 0 Å². The van der Waals surface area contributed by atoms with Crippen molar-refractivity contribution in [1.82, 2.24) is 4.90 Å². The minimum atomic E-state index is -0.224. The summed E-state index contributed by atoms with van der Waals surface area (Å²) in [5.41, 5.74) is 3.53. The second kappa shape index (κ2) is 8.09. The Kier molecular flexibility index (Phi) is 5.82. The summed E-state index contributed by atoms with van der Waals surface area (Å²) in [4.78, 5) is 3.59. The van der Waals surface area contributed by atoms with Gasteiger partial charge in [-0.05, 0) is 56.7 Å². The van der Waals surface area contributed by atoms with Gasteiger partial charge in [-0.1, -0.05) is 30.3 Å². The molecule has 0 saturated carbocycles. The Morgan fingerprint density at radius 1 is 1.19 bits per heavy atom. The number of anilines is 1. The van der Waals surface area contributed by atoms with Crippen molar-refractivity contribution in [2.45, 2.75) is 44.4 Å². The van der Waals surface area contributed by atoms with Gasteiger partial charge in [-0.15, -0.1) is 11.8 Å². The number of hydrogen-bond donors (Lipinski definition) is 1. The van der Waals surface area contributed by atoms with Crippen molar-refractivity contribution in [2.75, 3.05) is 17.6 Å². The fraction of sp³-hybridized carbons (Fsp3) is 0.364. The van der Waals surface area contributed by atoms with Crippen LogP contribution < -0.4 is 5.32 Å². The summed E-state index contributed by atoms with van der Waals surface area (Å²) in [6.45, 7) is 12.9. The van der Waals surface area contributed by atoms with Crippen LogP contribution in [0.15, 0.2) is 65.9 Å². The van der Waals surface area contributed by atoms with Crippen molar-refractivity contribution in [2.24, 2.45) is 0 Å². The van der Waals surface area contributed by atoms with Gasteiger partial charge in [-0.25, -0.2) is 0 Å². The lowest BCUT2D eigenvalue weighted by molar-refractivity contribution is 0.00237. The molecule has 0 saturated heterocycles. The Labute approximate surface area is 161 Å². The first-order valence-corrected chi connectivity index (χ1v) is 10.1. The summed E-state index contributed by atoms with van der Waals surface area (Å²) in [7, 11) is 0. The third kappa shape index (κ3) is 5.21. The highest BCUT2D eigenvalue weighted by Gasteiger charge is 2.21. The van der Waals surface area contributed by atoms with Crippen LogP contribution in [0.25, 0.3) is 0 Å². The van der Waals surface area contributed by atoms with Gasteiger partial charge >= 0.3 is 0 Å². The van der Waals surface area contributed by atoms with Crippen LogP contribution in [0, 0.1) is 0 Å². The van der Waals surface area contributed by atoms with Crippen LogP contribution in [0.3, 0.4) is 0 Å². The molecule has 1 N–H and O–H groups in total. The topological polar surface area (TPSA) is 24.5 Å². The molecule has 0 radical (unpaired) electrons. The smallest absolute Gasteiger partial charge is 0.182 e. The van der Waals surface area contributed by atoms with Crippen LogP contribution in [0.2, 0.25) is 0 Å². The molecule has 26 heavy (non-hydrogen) atoms. The lowest BCUT2D eigenvalue weighted by atomic mass is 10.1. The third-order valence-electron chi connectivity index (χ3n) is 4.16. The first-order chi connectivity index (χ1) is 12.4. The summed E-state index contributed by atoms with van der Waals surface area (Å²) >= 11 is 1.91. The Balaban J connectivity index is 1.70. The largest absolute Gasteiger partial charge is 0.474 e. The Morgan fingerprint density at radius 3 is 2.69 bits per heavy atom. The zero-order chi connectivity index (χ0) is 18.6. The molecule has 2 aromatic carbocycles. The maximum Gasteiger partial charge on any atom is 0.182 e. The maximum atomic E-state index is 5.99. The molecule has 0 amide bonds. The normalized spacial score (nSPS) is 14.3. The zero-order valence-electron chi connectivity index (χ0n) is 15.9. The van der Waals surface area contributed by atoms with Crippen LogP contribution in [0.1, 0.15) is 31.9 Å². The Bertz CT molecular complexity index is 752. The molecular formula is C22H28N2OS. The Hall–Kier alpha value is -2.07. The van der Waals surface area contributed by atoms with Crippen LogP contribution in [0.5, 0.6) is 0 Å². The first-order valence-electron chi connectivity index (χ1n) is 9.07. The molecular weight excluding hydrogens is 340 g/mol. The van der Waals surface area contributed by atoms with Gasteiger partial charge in [0.1, 0.15) is 5.60 Å². The molecule has 3 rings (SSSR count). The average Bonchev–Trinajstić information content (AvgIpc) is 2.81. The number of nitrogens with one attached hydrogen (secondary N) is 1. The number of hydrogen-bond acceptors (Lipinski definition) is 4. The highest BCUT2D eigenvalue weighted by Crippen LogP contribution is 2.31. The maximum absolute atomic E-state index is 5.99. The monoisotopic (exact) mass is 368 g/mol. The predicted octanol–water partition coefficient (Wildman–Crippen LogP) is 5.49. The van der Waals surface area contributed by atoms with E-state index < -0.39 is 0 Å². The standard InChI is InChI=1S/C22H28N2OS/c1-17(25-22(2,3)4)24-12-13-26-21-11-10-20(14-19(21)16-24)23-15-18-8-6-5-7-9-18/h5-11,14,23H,1,12-13,15-16H2,2-4H3. The van der Waals surface area contributed by atoms with E-state index in [0.29, 0.717) is 0 Å². The molecule has 1 aliphatic heterocycles. The lowest BCUT2D eigenvalue weighted by Crippen LogP contribution is -2.30. The van der Waals surface area contributed by atoms with Gasteiger partial charge < -0.3 is 15.0 Å². The number of thioether (sulfide) groups is 1. The molecule has 0 aliphatic carbocycles. The Morgan fingerprint density at radius 2 is 1.96 bits per heavy atom. The summed E-state index contributed by atoms with van der Waals surface area (Å²) in [6, 6.07) is 17.1. The minimum Gasteiger partial charge on any atom is -0.474 e. The van der Waals surface area contributed by atoms with Crippen molar-refractivity contribution >= 4 is 17.4 Å². The zero-order valence-corrected chi connectivity index (χ0v) is 16.7. The quantitative estimate of drug-likeness (QED) is 0.705. The highest BCUT2D eigenvalue weighted by atomic mass is 32.2. The number of nitrogens with zero attached hydrogens (tertiary/aromatic N) is 1. The second-order valence-electron chi connectivity index (χ2n) is 7.54. The molecule has 0 atom stereocenters. The third-order valence-corrected chi connectivity index (χ3v) is 5.25. The highest BCUT2D eigenvalue weighted by molar-refractivity contribution is 7.99. The van der Waals surface area contributed by atoms with E-state index in [-0.39, 0.29) is 5.60 Å². The summed E-state index contributed by atoms with van der Waals surface area (Å²) in [5, 5.41) is 3.53. The van der Waals surface area contributed by atoms with Gasteiger partial charge in [0, 0.05) is 36.0 Å². The van der Waals surface area contributed by atoms with Crippen molar-refractivity contribution < 1.29 is 4.74 Å². The number of benzene rings is 2.